The summed E-state index contributed by atoms with van der Waals surface area (Å²) in [5, 5.41) is 8.89. The Kier molecular flexibility index (Phi) is 5.65. The number of carbonyl (C=O) groups excluding carboxylic acids is 1. The highest BCUT2D eigenvalue weighted by atomic mass is 35.5. The number of benzene rings is 1. The molecule has 1 heterocycles. The van der Waals surface area contributed by atoms with E-state index in [1.807, 2.05) is 17.0 Å². The average Bonchev–Trinajstić information content (AvgIpc) is 2.91. The first-order valence-corrected chi connectivity index (χ1v) is 6.27. The fraction of sp³-hybridized carbons (Fsp3) is 0.429. The molecule has 2 N–H and O–H groups in total. The normalized spacial score (nSPS) is 13.7. The van der Waals surface area contributed by atoms with Crippen molar-refractivity contribution in [1.29, 1.82) is 5.26 Å². The molecule has 1 aromatic carbocycles. The molecule has 102 valence electrons. The van der Waals surface area contributed by atoms with Crippen LogP contribution in [0.25, 0.3) is 0 Å². The molecule has 4 nitrogen and oxygen atoms in total. The van der Waals surface area contributed by atoms with Gasteiger partial charge in [0.15, 0.2) is 0 Å². The van der Waals surface area contributed by atoms with Crippen molar-refractivity contribution < 1.29 is 4.79 Å². The Morgan fingerprint density at radius 3 is 2.68 bits per heavy atom. The average molecular weight is 280 g/mol. The van der Waals surface area contributed by atoms with Crippen molar-refractivity contribution in [2.24, 2.45) is 0 Å². The van der Waals surface area contributed by atoms with Crippen molar-refractivity contribution in [1.82, 2.24) is 4.90 Å². The summed E-state index contributed by atoms with van der Waals surface area (Å²) in [6.07, 6.45) is 3.30. The van der Waals surface area contributed by atoms with E-state index >= 15 is 0 Å². The Morgan fingerprint density at radius 2 is 2.05 bits per heavy atom. The maximum absolute atomic E-state index is 11.9. The summed E-state index contributed by atoms with van der Waals surface area (Å²) in [6, 6.07) is 7.45. The van der Waals surface area contributed by atoms with E-state index in [0.29, 0.717) is 24.1 Å². The van der Waals surface area contributed by atoms with Gasteiger partial charge < -0.3 is 10.6 Å². The van der Waals surface area contributed by atoms with Crippen LogP contribution in [0.5, 0.6) is 0 Å². The number of hydrogen-bond donors (Lipinski definition) is 1. The van der Waals surface area contributed by atoms with Gasteiger partial charge in [-0.05, 0) is 30.9 Å². The number of para-hydroxylation sites is 1. The molecule has 0 spiro atoms. The lowest BCUT2D eigenvalue weighted by molar-refractivity contribution is -0.130. The Balaban J connectivity index is 0.00000180. The van der Waals surface area contributed by atoms with Crippen LogP contribution in [0.15, 0.2) is 18.2 Å². The summed E-state index contributed by atoms with van der Waals surface area (Å²) in [5.41, 5.74) is 7.77. The van der Waals surface area contributed by atoms with Crippen LogP contribution in [-0.4, -0.2) is 23.9 Å². The second kappa shape index (κ2) is 7.01. The standard InChI is InChI=1S/C14H17N3O.ClH/c15-10-12-5-3-4-11(14(12)16)6-7-13(18)17-8-1-2-9-17;/h3-5H,1-2,6-9,16H2;1H. The van der Waals surface area contributed by atoms with E-state index in [0.717, 1.165) is 31.5 Å². The number of likely N-dealkylation sites (tertiary alicyclic amines) is 1. The minimum absolute atomic E-state index is 0. The molecule has 1 aromatic rings. The number of nitriles is 1. The quantitative estimate of drug-likeness (QED) is 0.862. The van der Waals surface area contributed by atoms with Crippen molar-refractivity contribution in [3.63, 3.8) is 0 Å². The molecule has 0 saturated carbocycles. The lowest BCUT2D eigenvalue weighted by atomic mass is 10.0. The number of hydrogen-bond acceptors (Lipinski definition) is 3. The van der Waals surface area contributed by atoms with Crippen molar-refractivity contribution in [3.05, 3.63) is 29.3 Å². The molecule has 5 heteroatoms. The summed E-state index contributed by atoms with van der Waals surface area (Å²) in [6.45, 7) is 1.76. The number of carbonyl (C=O) groups is 1. The molecule has 0 unspecified atom stereocenters. The first-order chi connectivity index (χ1) is 8.72. The molecule has 1 saturated heterocycles. The zero-order valence-electron chi connectivity index (χ0n) is 10.8. The van der Waals surface area contributed by atoms with E-state index in [4.69, 9.17) is 11.0 Å². The Labute approximate surface area is 119 Å². The molecule has 0 aliphatic carbocycles. The van der Waals surface area contributed by atoms with Crippen molar-refractivity contribution >= 4 is 24.0 Å². The predicted octanol–water partition coefficient (Wildman–Crippen LogP) is 2.12. The Bertz CT molecular complexity index is 490. The Hall–Kier alpha value is -1.73. The van der Waals surface area contributed by atoms with Gasteiger partial charge in [0.25, 0.3) is 0 Å². The molecule has 0 bridgehead atoms. The summed E-state index contributed by atoms with van der Waals surface area (Å²) < 4.78 is 0. The van der Waals surface area contributed by atoms with Crippen molar-refractivity contribution in [2.45, 2.75) is 25.7 Å². The molecule has 19 heavy (non-hydrogen) atoms. The fourth-order valence-electron chi connectivity index (χ4n) is 2.29. The lowest BCUT2D eigenvalue weighted by Crippen LogP contribution is -2.27. The number of anilines is 1. The van der Waals surface area contributed by atoms with Gasteiger partial charge in [-0.3, -0.25) is 4.79 Å². The number of amides is 1. The summed E-state index contributed by atoms with van der Waals surface area (Å²) >= 11 is 0. The number of rotatable bonds is 3. The molecule has 1 amide bonds. The van der Waals surface area contributed by atoms with Gasteiger partial charge in [-0.25, -0.2) is 0 Å². The molecule has 0 radical (unpaired) electrons. The van der Waals surface area contributed by atoms with Crippen LogP contribution >= 0.6 is 12.4 Å². The predicted molar refractivity (Wildman–Crippen MR) is 77.0 cm³/mol. The third-order valence-corrected chi connectivity index (χ3v) is 3.38. The first kappa shape index (κ1) is 15.3. The van der Waals surface area contributed by atoms with E-state index in [1.54, 1.807) is 6.07 Å². The molecular formula is C14H18ClN3O. The van der Waals surface area contributed by atoms with Crippen LogP contribution in [0.2, 0.25) is 0 Å². The highest BCUT2D eigenvalue weighted by Gasteiger charge is 2.17. The number of nitrogens with zero attached hydrogens (tertiary/aromatic N) is 2. The van der Waals surface area contributed by atoms with Crippen LogP contribution in [-0.2, 0) is 11.2 Å². The van der Waals surface area contributed by atoms with Crippen molar-refractivity contribution in [2.75, 3.05) is 18.8 Å². The monoisotopic (exact) mass is 279 g/mol. The van der Waals surface area contributed by atoms with Gasteiger partial charge in [-0.15, -0.1) is 12.4 Å². The summed E-state index contributed by atoms with van der Waals surface area (Å²) in [4.78, 5) is 13.8. The second-order valence-electron chi connectivity index (χ2n) is 4.58. The Morgan fingerprint density at radius 1 is 1.37 bits per heavy atom. The van der Waals surface area contributed by atoms with Gasteiger partial charge in [-0.2, -0.15) is 5.26 Å². The second-order valence-corrected chi connectivity index (χ2v) is 4.58. The highest BCUT2D eigenvalue weighted by Crippen LogP contribution is 2.19. The van der Waals surface area contributed by atoms with Crippen LogP contribution in [0, 0.1) is 11.3 Å². The maximum Gasteiger partial charge on any atom is 0.222 e. The molecule has 1 fully saturated rings. The number of halogens is 1. The molecule has 0 aromatic heterocycles. The third-order valence-electron chi connectivity index (χ3n) is 3.38. The highest BCUT2D eigenvalue weighted by molar-refractivity contribution is 5.85. The maximum atomic E-state index is 11.9. The van der Waals surface area contributed by atoms with E-state index in [-0.39, 0.29) is 18.3 Å². The van der Waals surface area contributed by atoms with E-state index in [9.17, 15) is 4.79 Å². The SMILES string of the molecule is Cl.N#Cc1cccc(CCC(=O)N2CCCC2)c1N. The summed E-state index contributed by atoms with van der Waals surface area (Å²) in [7, 11) is 0. The largest absolute Gasteiger partial charge is 0.397 e. The fourth-order valence-corrected chi connectivity index (χ4v) is 2.29. The van der Waals surface area contributed by atoms with Gasteiger partial charge >= 0.3 is 0 Å². The van der Waals surface area contributed by atoms with Gasteiger partial charge in [-0.1, -0.05) is 12.1 Å². The van der Waals surface area contributed by atoms with Gasteiger partial charge in [0.2, 0.25) is 5.91 Å². The molecule has 2 rings (SSSR count). The minimum atomic E-state index is 0. The zero-order valence-corrected chi connectivity index (χ0v) is 11.6. The minimum Gasteiger partial charge on any atom is -0.397 e. The third kappa shape index (κ3) is 3.62. The van der Waals surface area contributed by atoms with Crippen molar-refractivity contribution in [3.8, 4) is 6.07 Å². The van der Waals surface area contributed by atoms with Gasteiger partial charge in [0.1, 0.15) is 6.07 Å². The zero-order chi connectivity index (χ0) is 13.0. The molecule has 0 atom stereocenters. The van der Waals surface area contributed by atoms with E-state index < -0.39 is 0 Å². The number of nitrogens with two attached hydrogens (primary N) is 1. The van der Waals surface area contributed by atoms with Crippen LogP contribution in [0.4, 0.5) is 5.69 Å². The molecule has 1 aliphatic rings. The van der Waals surface area contributed by atoms with Crippen LogP contribution in [0.1, 0.15) is 30.4 Å². The summed E-state index contributed by atoms with van der Waals surface area (Å²) in [5.74, 6) is 0.189. The van der Waals surface area contributed by atoms with Crippen LogP contribution in [0.3, 0.4) is 0 Å². The number of nitrogen functional groups attached to an aromatic ring is 1. The van der Waals surface area contributed by atoms with E-state index in [1.165, 1.54) is 0 Å². The molecule has 1 aliphatic heterocycles. The first-order valence-electron chi connectivity index (χ1n) is 6.27. The molecular weight excluding hydrogens is 262 g/mol. The topological polar surface area (TPSA) is 70.1 Å². The number of aryl methyl sites for hydroxylation is 1. The van der Waals surface area contributed by atoms with Crippen LogP contribution < -0.4 is 5.73 Å². The van der Waals surface area contributed by atoms with E-state index in [2.05, 4.69) is 6.07 Å². The smallest absolute Gasteiger partial charge is 0.222 e. The van der Waals surface area contributed by atoms with Gasteiger partial charge in [0.05, 0.1) is 11.3 Å². The van der Waals surface area contributed by atoms with Gasteiger partial charge in [0, 0.05) is 19.5 Å². The lowest BCUT2D eigenvalue weighted by Gasteiger charge is -2.15.